The first-order chi connectivity index (χ1) is 10.1. The molecule has 2 fully saturated rings. The second-order valence-corrected chi connectivity index (χ2v) is 5.82. The van der Waals surface area contributed by atoms with E-state index in [0.29, 0.717) is 25.6 Å². The Morgan fingerprint density at radius 2 is 2.29 bits per heavy atom. The normalized spacial score (nSPS) is 23.0. The number of urea groups is 1. The molecule has 2 aliphatic heterocycles. The van der Waals surface area contributed by atoms with Crippen molar-refractivity contribution in [1.82, 2.24) is 24.9 Å². The van der Waals surface area contributed by atoms with Gasteiger partial charge in [-0.25, -0.2) is 4.79 Å². The maximum absolute atomic E-state index is 12.4. The molecule has 0 aliphatic carbocycles. The maximum Gasteiger partial charge on any atom is 0.320 e. The SMILES string of the molecule is CN1CCN(CC(=O)N2CCC[C@H](c3ccn[nH]3)C2)C1=O. The van der Waals surface area contributed by atoms with Crippen LogP contribution in [0.5, 0.6) is 0 Å². The van der Waals surface area contributed by atoms with E-state index in [-0.39, 0.29) is 18.5 Å². The topological polar surface area (TPSA) is 72.5 Å². The molecule has 0 bridgehead atoms. The van der Waals surface area contributed by atoms with Crippen LogP contribution in [0.15, 0.2) is 12.3 Å². The molecule has 1 N–H and O–H groups in total. The summed E-state index contributed by atoms with van der Waals surface area (Å²) in [5.41, 5.74) is 1.09. The molecule has 7 nitrogen and oxygen atoms in total. The van der Waals surface area contributed by atoms with Crippen molar-refractivity contribution in [3.8, 4) is 0 Å². The molecule has 2 saturated heterocycles. The number of likely N-dealkylation sites (tertiary alicyclic amines) is 1. The lowest BCUT2D eigenvalue weighted by atomic mass is 9.95. The van der Waals surface area contributed by atoms with Crippen LogP contribution in [-0.2, 0) is 4.79 Å². The third-order valence-electron chi connectivity index (χ3n) is 4.36. The van der Waals surface area contributed by atoms with Crippen molar-refractivity contribution in [2.45, 2.75) is 18.8 Å². The highest BCUT2D eigenvalue weighted by Gasteiger charge is 2.31. The van der Waals surface area contributed by atoms with Crippen LogP contribution in [0.4, 0.5) is 4.79 Å². The first-order valence-corrected chi connectivity index (χ1v) is 7.42. The molecular formula is C14H21N5O2. The van der Waals surface area contributed by atoms with Crippen molar-refractivity contribution >= 4 is 11.9 Å². The standard InChI is InChI=1S/C14H21N5O2/c1-17-7-8-19(14(17)21)10-13(20)18-6-2-3-11(9-18)12-4-5-15-16-12/h4-5,11H,2-3,6-10H2,1H3,(H,15,16)/t11-/m0/s1. The van der Waals surface area contributed by atoms with Gasteiger partial charge in [0.15, 0.2) is 0 Å². The summed E-state index contributed by atoms with van der Waals surface area (Å²) in [6, 6.07) is 1.92. The summed E-state index contributed by atoms with van der Waals surface area (Å²) in [7, 11) is 1.77. The Morgan fingerprint density at radius 3 is 2.95 bits per heavy atom. The van der Waals surface area contributed by atoms with Gasteiger partial charge in [0.2, 0.25) is 5.91 Å². The quantitative estimate of drug-likeness (QED) is 0.880. The maximum atomic E-state index is 12.4. The smallest absolute Gasteiger partial charge is 0.320 e. The number of nitrogens with one attached hydrogen (secondary N) is 1. The van der Waals surface area contributed by atoms with E-state index in [1.54, 1.807) is 23.0 Å². The second-order valence-electron chi connectivity index (χ2n) is 5.82. The number of carbonyl (C=O) groups is 2. The van der Waals surface area contributed by atoms with Crippen LogP contribution in [0.1, 0.15) is 24.5 Å². The molecule has 21 heavy (non-hydrogen) atoms. The number of hydrogen-bond donors (Lipinski definition) is 1. The van der Waals surface area contributed by atoms with Crippen LogP contribution >= 0.6 is 0 Å². The Morgan fingerprint density at radius 1 is 1.43 bits per heavy atom. The number of amides is 3. The second kappa shape index (κ2) is 5.75. The molecule has 3 heterocycles. The lowest BCUT2D eigenvalue weighted by Gasteiger charge is -2.33. The highest BCUT2D eigenvalue weighted by molar-refractivity contribution is 5.85. The van der Waals surface area contributed by atoms with Gasteiger partial charge in [-0.1, -0.05) is 0 Å². The van der Waals surface area contributed by atoms with Gasteiger partial charge in [-0.15, -0.1) is 0 Å². The van der Waals surface area contributed by atoms with Crippen LogP contribution < -0.4 is 0 Å². The third kappa shape index (κ3) is 2.86. The number of aromatic amines is 1. The third-order valence-corrected chi connectivity index (χ3v) is 4.36. The van der Waals surface area contributed by atoms with Crippen molar-refractivity contribution in [3.05, 3.63) is 18.0 Å². The lowest BCUT2D eigenvalue weighted by Crippen LogP contribution is -2.45. The average Bonchev–Trinajstić information content (AvgIpc) is 3.13. The monoisotopic (exact) mass is 291 g/mol. The van der Waals surface area contributed by atoms with E-state index in [0.717, 1.165) is 25.1 Å². The molecule has 0 saturated carbocycles. The van der Waals surface area contributed by atoms with E-state index in [2.05, 4.69) is 10.2 Å². The molecule has 7 heteroatoms. The minimum absolute atomic E-state index is 0.0443. The average molecular weight is 291 g/mol. The van der Waals surface area contributed by atoms with E-state index < -0.39 is 0 Å². The molecule has 1 aromatic rings. The molecule has 1 aromatic heterocycles. The number of rotatable bonds is 3. The van der Waals surface area contributed by atoms with Crippen molar-refractivity contribution in [2.75, 3.05) is 39.8 Å². The molecule has 114 valence electrons. The Labute approximate surface area is 123 Å². The molecule has 0 radical (unpaired) electrons. The van der Waals surface area contributed by atoms with Crippen molar-refractivity contribution in [1.29, 1.82) is 0 Å². The summed E-state index contributed by atoms with van der Waals surface area (Å²) in [6.45, 7) is 3.01. The van der Waals surface area contributed by atoms with Gasteiger partial charge in [-0.3, -0.25) is 9.89 Å². The number of piperidine rings is 1. The zero-order valence-corrected chi connectivity index (χ0v) is 12.3. The molecular weight excluding hydrogens is 270 g/mol. The van der Waals surface area contributed by atoms with Crippen LogP contribution in [0.25, 0.3) is 0 Å². The zero-order valence-electron chi connectivity index (χ0n) is 12.3. The molecule has 2 aliphatic rings. The lowest BCUT2D eigenvalue weighted by molar-refractivity contribution is -0.132. The zero-order chi connectivity index (χ0) is 14.8. The largest absolute Gasteiger partial charge is 0.340 e. The molecule has 1 atom stereocenters. The number of H-pyrrole nitrogens is 1. The number of hydrogen-bond acceptors (Lipinski definition) is 3. The van der Waals surface area contributed by atoms with Gasteiger partial charge in [0.25, 0.3) is 0 Å². The fourth-order valence-electron chi connectivity index (χ4n) is 3.06. The van der Waals surface area contributed by atoms with Crippen LogP contribution in [0.3, 0.4) is 0 Å². The highest BCUT2D eigenvalue weighted by Crippen LogP contribution is 2.25. The van der Waals surface area contributed by atoms with E-state index in [1.165, 1.54) is 0 Å². The summed E-state index contributed by atoms with van der Waals surface area (Å²) < 4.78 is 0. The van der Waals surface area contributed by atoms with Gasteiger partial charge in [-0.2, -0.15) is 5.10 Å². The van der Waals surface area contributed by atoms with Gasteiger partial charge in [0.05, 0.1) is 0 Å². The summed E-state index contributed by atoms with van der Waals surface area (Å²) in [6.07, 6.45) is 3.80. The van der Waals surface area contributed by atoms with Crippen molar-refractivity contribution in [2.24, 2.45) is 0 Å². The number of nitrogens with zero attached hydrogens (tertiary/aromatic N) is 4. The first-order valence-electron chi connectivity index (χ1n) is 7.42. The van der Waals surface area contributed by atoms with Crippen LogP contribution in [0.2, 0.25) is 0 Å². The van der Waals surface area contributed by atoms with E-state index >= 15 is 0 Å². The fourth-order valence-corrected chi connectivity index (χ4v) is 3.06. The van der Waals surface area contributed by atoms with Crippen molar-refractivity contribution in [3.63, 3.8) is 0 Å². The number of likely N-dealkylation sites (N-methyl/N-ethyl adjacent to an activating group) is 1. The summed E-state index contributed by atoms with van der Waals surface area (Å²) in [5.74, 6) is 0.366. The Kier molecular flexibility index (Phi) is 3.81. The van der Waals surface area contributed by atoms with Gasteiger partial charge in [0, 0.05) is 51.0 Å². The molecule has 0 aromatic carbocycles. The predicted molar refractivity (Wildman–Crippen MR) is 76.7 cm³/mol. The Hall–Kier alpha value is -2.05. The van der Waals surface area contributed by atoms with E-state index in [4.69, 9.17) is 0 Å². The molecule has 0 spiro atoms. The summed E-state index contributed by atoms with van der Waals surface area (Å²) >= 11 is 0. The molecule has 3 amide bonds. The Bertz CT molecular complexity index is 515. The van der Waals surface area contributed by atoms with E-state index in [9.17, 15) is 9.59 Å². The molecule has 0 unspecified atom stereocenters. The molecule has 3 rings (SSSR count). The number of aromatic nitrogens is 2. The van der Waals surface area contributed by atoms with Crippen LogP contribution in [0, 0.1) is 0 Å². The van der Waals surface area contributed by atoms with Crippen molar-refractivity contribution < 1.29 is 9.59 Å². The van der Waals surface area contributed by atoms with Gasteiger partial charge >= 0.3 is 6.03 Å². The van der Waals surface area contributed by atoms with Gasteiger partial charge < -0.3 is 14.7 Å². The van der Waals surface area contributed by atoms with E-state index in [1.807, 2.05) is 11.0 Å². The summed E-state index contributed by atoms with van der Waals surface area (Å²) in [5, 5.41) is 6.98. The number of carbonyl (C=O) groups excluding carboxylic acids is 2. The highest BCUT2D eigenvalue weighted by atomic mass is 16.2. The minimum Gasteiger partial charge on any atom is -0.340 e. The fraction of sp³-hybridized carbons (Fsp3) is 0.643. The first kappa shape index (κ1) is 13.9. The predicted octanol–water partition coefficient (Wildman–Crippen LogP) is 0.483. The van der Waals surface area contributed by atoms with Gasteiger partial charge in [0.1, 0.15) is 6.54 Å². The minimum atomic E-state index is -0.0505. The van der Waals surface area contributed by atoms with Gasteiger partial charge in [-0.05, 0) is 18.9 Å². The van der Waals surface area contributed by atoms with Crippen LogP contribution in [-0.4, -0.2) is 76.6 Å². The Balaban J connectivity index is 1.58. The summed E-state index contributed by atoms with van der Waals surface area (Å²) in [4.78, 5) is 29.4.